The zero-order chi connectivity index (χ0) is 95.9. The first kappa shape index (κ1) is 138. The van der Waals surface area contributed by atoms with Gasteiger partial charge in [0.15, 0.2) is 0 Å². The molecule has 0 bridgehead atoms. The van der Waals surface area contributed by atoms with Crippen molar-refractivity contribution in [3.8, 4) is 0 Å². The number of amides is 1. The summed E-state index contributed by atoms with van der Waals surface area (Å²) < 4.78 is 55.7. The van der Waals surface area contributed by atoms with Crippen LogP contribution >= 0.6 is 0 Å². The van der Waals surface area contributed by atoms with E-state index in [9.17, 15) is 57.5 Å². The fourth-order valence-electron chi connectivity index (χ4n) is 10.2. The van der Waals surface area contributed by atoms with Gasteiger partial charge in [-0.1, -0.05) is 176 Å². The minimum atomic E-state index is -1.05. The summed E-state index contributed by atoms with van der Waals surface area (Å²) in [5.74, 6) is -5.14. The van der Waals surface area contributed by atoms with Crippen molar-refractivity contribution in [2.75, 3.05) is 107 Å². The van der Waals surface area contributed by atoms with Gasteiger partial charge in [-0.05, 0) is 199 Å². The van der Waals surface area contributed by atoms with Gasteiger partial charge in [0.1, 0.15) is 39.1 Å². The van der Waals surface area contributed by atoms with E-state index in [0.717, 1.165) is 90.1 Å². The number of hydrogen-bond acceptors (Lipinski definition) is 24. The average molecular weight is 1820 g/mol. The highest BCUT2D eigenvalue weighted by Crippen LogP contribution is 2.34. The van der Waals surface area contributed by atoms with Gasteiger partial charge in [-0.2, -0.15) is 0 Å². The Morgan fingerprint density at radius 1 is 0.496 bits per heavy atom. The number of unbranched alkanes of at least 4 members (excludes halogenated alkanes) is 1. The van der Waals surface area contributed by atoms with Gasteiger partial charge >= 0.3 is 65.7 Å². The van der Waals surface area contributed by atoms with Gasteiger partial charge in [-0.3, -0.25) is 62.4 Å². The van der Waals surface area contributed by atoms with Crippen LogP contribution in [0.5, 0.6) is 0 Å². The molecule has 0 aromatic heterocycles. The van der Waals surface area contributed by atoms with E-state index in [4.69, 9.17) is 62.7 Å². The van der Waals surface area contributed by atoms with Crippen LogP contribution in [0.15, 0.2) is 30.3 Å². The highest BCUT2D eigenvalue weighted by atomic mass is 16.6. The van der Waals surface area contributed by atoms with Gasteiger partial charge in [0.05, 0.1) is 110 Å². The van der Waals surface area contributed by atoms with Crippen LogP contribution in [0.4, 0.5) is 0 Å². The van der Waals surface area contributed by atoms with Gasteiger partial charge < -0.3 is 72.3 Å². The van der Waals surface area contributed by atoms with Crippen molar-refractivity contribution >= 4 is 71.6 Å². The Balaban J connectivity index is -0.000000178. The van der Waals surface area contributed by atoms with E-state index < -0.39 is 57.9 Å². The first-order valence-corrected chi connectivity index (χ1v) is 45.0. The second-order valence-electron chi connectivity index (χ2n) is 35.2. The van der Waals surface area contributed by atoms with E-state index in [1.165, 1.54) is 19.1 Å². The van der Waals surface area contributed by atoms with E-state index in [0.29, 0.717) is 90.5 Å². The molecule has 2 saturated heterocycles. The number of carboxylic acids is 3. The summed E-state index contributed by atoms with van der Waals surface area (Å²) in [5.41, 5.74) is -0.564. The fourth-order valence-corrected chi connectivity index (χ4v) is 10.2. The number of benzene rings is 1. The van der Waals surface area contributed by atoms with Crippen molar-refractivity contribution in [1.82, 2.24) is 9.80 Å². The Morgan fingerprint density at radius 2 is 0.890 bits per heavy atom. The summed E-state index contributed by atoms with van der Waals surface area (Å²) >= 11 is 0. The van der Waals surface area contributed by atoms with Crippen molar-refractivity contribution in [2.45, 2.75) is 369 Å². The maximum atomic E-state index is 12.0. The first-order valence-electron chi connectivity index (χ1n) is 45.0. The molecule has 3 N–H and O–H groups in total. The molecule has 1 amide bonds. The quantitative estimate of drug-likeness (QED) is 0.0312. The molecule has 28 nitrogen and oxygen atoms in total. The number of aliphatic carboxylic acids is 3. The van der Waals surface area contributed by atoms with Gasteiger partial charge in [-0.15, -0.1) is 0 Å². The summed E-state index contributed by atoms with van der Waals surface area (Å²) in [6.45, 7) is 60.8. The van der Waals surface area contributed by atoms with Crippen molar-refractivity contribution in [3.05, 3.63) is 35.9 Å². The number of carboxylic acid groups (broad SMARTS) is 3. The molecular formula is C99H188N2O26. The maximum Gasteiger partial charge on any atom is 0.311 e. The summed E-state index contributed by atoms with van der Waals surface area (Å²) in [6, 6.07) is 11.1. The minimum absolute atomic E-state index is 0. The number of hydrogen-bond donors (Lipinski definition) is 3. The van der Waals surface area contributed by atoms with Gasteiger partial charge in [-0.25, -0.2) is 0 Å². The molecular weight excluding hydrogens is 1630 g/mol. The van der Waals surface area contributed by atoms with Crippen LogP contribution in [-0.4, -0.2) is 221 Å². The third-order valence-corrected chi connectivity index (χ3v) is 22.8. The maximum absolute atomic E-state index is 12.0. The molecule has 3 fully saturated rings. The number of carbonyl (C=O) groups excluding carboxylic acids is 9. The van der Waals surface area contributed by atoms with Crippen molar-refractivity contribution in [2.24, 2.45) is 56.7 Å². The summed E-state index contributed by atoms with van der Waals surface area (Å²) in [7, 11) is 3.57. The number of morpholine rings is 1. The Morgan fingerprint density at radius 3 is 1.25 bits per heavy atom. The standard InChI is InChI=1S/C16H26O6.C14H27NO2.C12H20O6.C12H24O4.C10H20O2.C10H14.C9H17NO2.C7H14O2.C5H10O2.4CH4/c1-4-16(2,3)15(20)22-10-9-21-14(19)12-8-6-5-7-11(12)13(17)18;1-7-10(2)13(16)17-12-8-11(3)15(6)14(4,5)9-12;1-4-12(2,3)11(16)18-8-7-17-10(15)6-5-9(13)14;1-5-12(3,4)11(13)16-10-9-15-8-7-14-6-2;1-5-7-8-12-9(11)10(3,4)6-2;1-3-9(2)10-7-5-4-6-8-10;1-3-8(2)9(11)10-4-6-12-7-5-10;1-5-7(2,3)6(8)9-4;1-3-4(2)5(6)7;;;;/h11-12H,4-10H2,1-3H3,(H,17,18);10-12H,7-9H2,1-6H3;4-8H2,1-3H3,(H,13,14);5-10H2,1-4H3;5-8H2,1-4H3;4-9H,3H2,1-2H3;8H,3-7H2,1-2H3;5H2,1-4H3;4H,3H2,1-2H3,(H,6,7);4*1H4. The number of methoxy groups -OCH3 is 1. The molecule has 127 heavy (non-hydrogen) atoms. The molecule has 8 atom stereocenters. The Labute approximate surface area is 771 Å². The van der Waals surface area contributed by atoms with Crippen LogP contribution in [0.1, 0.15) is 357 Å². The summed E-state index contributed by atoms with van der Waals surface area (Å²) in [4.78, 5) is 139. The lowest BCUT2D eigenvalue weighted by Crippen LogP contribution is -2.54. The molecule has 8 unspecified atom stereocenters. The molecule has 4 rings (SSSR count). The van der Waals surface area contributed by atoms with E-state index in [-0.39, 0.29) is 151 Å². The Hall–Kier alpha value is -7.30. The lowest BCUT2D eigenvalue weighted by atomic mass is 9.79. The zero-order valence-corrected chi connectivity index (χ0v) is 82.0. The number of ether oxygens (including phenoxy) is 11. The van der Waals surface area contributed by atoms with Crippen LogP contribution in [0.25, 0.3) is 0 Å². The highest BCUT2D eigenvalue weighted by Gasteiger charge is 2.40. The van der Waals surface area contributed by atoms with Gasteiger partial charge in [0.25, 0.3) is 0 Å². The Kier molecular flexibility index (Phi) is 82.8. The third kappa shape index (κ3) is 64.2. The first-order chi connectivity index (χ1) is 57.3. The summed E-state index contributed by atoms with van der Waals surface area (Å²) in [5, 5.41) is 25.7. The normalized spacial score (nSPS) is 16.5. The minimum Gasteiger partial charge on any atom is -0.481 e. The molecule has 1 aromatic carbocycles. The Bertz CT molecular complexity index is 3070. The molecule has 2 heterocycles. The monoisotopic (exact) mass is 1820 g/mol. The molecule has 1 aliphatic carbocycles. The molecule has 750 valence electrons. The average Bonchev–Trinajstić information content (AvgIpc) is 0.807. The lowest BCUT2D eigenvalue weighted by Gasteiger charge is -2.47. The van der Waals surface area contributed by atoms with Crippen LogP contribution in [-0.2, 0) is 110 Å². The predicted octanol–water partition coefficient (Wildman–Crippen LogP) is 20.7. The predicted molar refractivity (Wildman–Crippen MR) is 506 cm³/mol. The molecule has 3 aliphatic rings. The van der Waals surface area contributed by atoms with Crippen LogP contribution < -0.4 is 0 Å². The number of piperidine rings is 1. The van der Waals surface area contributed by atoms with E-state index in [1.807, 2.05) is 123 Å². The lowest BCUT2D eigenvalue weighted by molar-refractivity contribution is -0.164. The second kappa shape index (κ2) is 76.4. The van der Waals surface area contributed by atoms with E-state index >= 15 is 0 Å². The molecule has 1 aromatic rings. The van der Waals surface area contributed by atoms with E-state index in [1.54, 1.807) is 34.6 Å². The van der Waals surface area contributed by atoms with Crippen LogP contribution in [0, 0.1) is 56.7 Å². The SMILES string of the molecule is C.C.C.C.CCC(C)(C)C(=O)OC.CCC(C)(C)C(=O)OCCOC(=O)C1CCCCC1C(=O)O.CCC(C)(C)C(=O)OCCOC(=O)CCC(=O)O.CCC(C)C(=O)N1CCOCC1.CCC(C)C(=O)O.CCC(C)C(=O)OC1CC(C)N(C)C(C)(C)C1.CCC(C)c1ccccc1.CCCCOC(=O)C(C)(C)CC.CCOCCOCCOC(=O)C(C)(C)CC. The number of carbonyl (C=O) groups is 12. The third-order valence-electron chi connectivity index (χ3n) is 22.8. The molecule has 28 heteroatoms. The number of rotatable bonds is 40. The molecule has 1 saturated carbocycles. The van der Waals surface area contributed by atoms with Gasteiger partial charge in [0, 0.05) is 43.6 Å². The molecule has 2 aliphatic heterocycles. The zero-order valence-electron chi connectivity index (χ0n) is 82.0. The topological polar surface area (TPSA) is 374 Å². The summed E-state index contributed by atoms with van der Waals surface area (Å²) in [6.07, 6.45) is 13.7. The van der Waals surface area contributed by atoms with Crippen LogP contribution in [0.3, 0.4) is 0 Å². The fraction of sp³-hybridized carbons (Fsp3) is 0.818. The highest BCUT2D eigenvalue weighted by molar-refractivity contribution is 5.82. The smallest absolute Gasteiger partial charge is 0.311 e. The van der Waals surface area contributed by atoms with Gasteiger partial charge in [0.2, 0.25) is 5.91 Å². The number of esters is 8. The second-order valence-corrected chi connectivity index (χ2v) is 35.2. The van der Waals surface area contributed by atoms with E-state index in [2.05, 4.69) is 88.6 Å². The van der Waals surface area contributed by atoms with Crippen molar-refractivity contribution in [3.63, 3.8) is 0 Å². The number of likely N-dealkylation sites (tertiary alicyclic amines) is 1. The van der Waals surface area contributed by atoms with Crippen LogP contribution in [0.2, 0.25) is 0 Å². The van der Waals surface area contributed by atoms with Crippen molar-refractivity contribution < 1.29 is 125 Å². The largest absolute Gasteiger partial charge is 0.481 e. The number of nitrogens with zero attached hydrogens (tertiary/aromatic N) is 2. The van der Waals surface area contributed by atoms with Crippen molar-refractivity contribution in [1.29, 1.82) is 0 Å². The molecule has 0 spiro atoms. The molecule has 0 radical (unpaired) electrons.